The van der Waals surface area contributed by atoms with Gasteiger partial charge in [0.2, 0.25) is 0 Å². The van der Waals surface area contributed by atoms with Crippen LogP contribution in [0.4, 0.5) is 0 Å². The van der Waals surface area contributed by atoms with Crippen molar-refractivity contribution in [2.45, 2.75) is 38.4 Å². The highest BCUT2D eigenvalue weighted by Crippen LogP contribution is 2.41. The molecule has 5 heteroatoms. The molecule has 2 rings (SSSR count). The largest absolute Gasteiger partial charge is 0.388 e. The third kappa shape index (κ3) is 3.44. The predicted octanol–water partition coefficient (Wildman–Crippen LogP) is 4.40. The maximum Gasteiger partial charge on any atom is 0.107 e. The van der Waals surface area contributed by atoms with Crippen LogP contribution in [0.1, 0.15) is 37.2 Å². The lowest BCUT2D eigenvalue weighted by molar-refractivity contribution is -0.0377. The maximum atomic E-state index is 10.1. The number of aliphatic hydroxyl groups excluding tert-OH is 1. The van der Waals surface area contributed by atoms with Crippen molar-refractivity contribution in [1.29, 1.82) is 0 Å². The summed E-state index contributed by atoms with van der Waals surface area (Å²) in [6.45, 7) is 2.81. The van der Waals surface area contributed by atoms with E-state index in [1.807, 2.05) is 13.0 Å². The van der Waals surface area contributed by atoms with Gasteiger partial charge in [0.15, 0.2) is 0 Å². The molecule has 1 aliphatic carbocycles. The summed E-state index contributed by atoms with van der Waals surface area (Å²) in [5.41, 5.74) is 0. The van der Waals surface area contributed by atoms with Gasteiger partial charge in [-0.3, -0.25) is 0 Å². The molecule has 1 unspecified atom stereocenters. The number of ether oxygens (including phenoxy) is 1. The molecule has 0 aromatic carbocycles. The van der Waals surface area contributed by atoms with E-state index in [1.54, 1.807) is 0 Å². The zero-order chi connectivity index (χ0) is 12.4. The van der Waals surface area contributed by atoms with Gasteiger partial charge in [-0.1, -0.05) is 11.6 Å². The summed E-state index contributed by atoms with van der Waals surface area (Å²) in [6.07, 6.45) is 2.98. The zero-order valence-corrected chi connectivity index (χ0v) is 12.8. The molecule has 17 heavy (non-hydrogen) atoms. The SMILES string of the molecule is CCOC1CC(CC(O)c2cc(Br)c(Cl)s2)C1. The Bertz CT molecular complexity index is 357. The molecule has 1 atom stereocenters. The third-order valence-electron chi connectivity index (χ3n) is 3.14. The number of hydrogen-bond donors (Lipinski definition) is 1. The summed E-state index contributed by atoms with van der Waals surface area (Å²) in [5, 5.41) is 10.1. The molecule has 0 aliphatic heterocycles. The Morgan fingerprint density at radius 1 is 1.65 bits per heavy atom. The maximum absolute atomic E-state index is 10.1. The summed E-state index contributed by atoms with van der Waals surface area (Å²) in [7, 11) is 0. The Morgan fingerprint density at radius 3 is 2.88 bits per heavy atom. The van der Waals surface area contributed by atoms with Gasteiger partial charge in [-0.05, 0) is 54.1 Å². The smallest absolute Gasteiger partial charge is 0.107 e. The van der Waals surface area contributed by atoms with Gasteiger partial charge in [-0.2, -0.15) is 0 Å². The molecule has 1 aromatic rings. The van der Waals surface area contributed by atoms with Gasteiger partial charge >= 0.3 is 0 Å². The molecule has 0 radical (unpaired) electrons. The van der Waals surface area contributed by atoms with Crippen molar-refractivity contribution < 1.29 is 9.84 Å². The first kappa shape index (κ1) is 13.8. The Morgan fingerprint density at radius 2 is 2.35 bits per heavy atom. The Hall–Kier alpha value is 0.390. The second-order valence-electron chi connectivity index (χ2n) is 4.44. The molecule has 0 spiro atoms. The van der Waals surface area contributed by atoms with E-state index in [4.69, 9.17) is 16.3 Å². The van der Waals surface area contributed by atoms with E-state index in [9.17, 15) is 5.11 Å². The van der Waals surface area contributed by atoms with Crippen molar-refractivity contribution in [2.24, 2.45) is 5.92 Å². The lowest BCUT2D eigenvalue weighted by Crippen LogP contribution is -2.32. The number of rotatable bonds is 5. The summed E-state index contributed by atoms with van der Waals surface area (Å²) in [4.78, 5) is 0.946. The van der Waals surface area contributed by atoms with E-state index in [1.165, 1.54) is 11.3 Å². The van der Waals surface area contributed by atoms with E-state index in [0.717, 1.165) is 35.2 Å². The van der Waals surface area contributed by atoms with Gasteiger partial charge in [0.1, 0.15) is 4.34 Å². The monoisotopic (exact) mass is 338 g/mol. The van der Waals surface area contributed by atoms with Crippen LogP contribution in [-0.2, 0) is 4.74 Å². The van der Waals surface area contributed by atoms with Crippen molar-refractivity contribution in [3.05, 3.63) is 19.8 Å². The molecule has 1 fully saturated rings. The third-order valence-corrected chi connectivity index (χ3v) is 5.72. The van der Waals surface area contributed by atoms with E-state index in [-0.39, 0.29) is 0 Å². The van der Waals surface area contributed by atoms with Crippen molar-refractivity contribution in [3.8, 4) is 0 Å². The van der Waals surface area contributed by atoms with Crippen LogP contribution >= 0.6 is 38.9 Å². The molecule has 1 aromatic heterocycles. The summed E-state index contributed by atoms with van der Waals surface area (Å²) >= 11 is 10.8. The molecule has 0 amide bonds. The lowest BCUT2D eigenvalue weighted by atomic mass is 9.78. The fourth-order valence-electron chi connectivity index (χ4n) is 2.20. The average molecular weight is 340 g/mol. The minimum absolute atomic E-state index is 0.392. The van der Waals surface area contributed by atoms with Crippen LogP contribution < -0.4 is 0 Å². The highest BCUT2D eigenvalue weighted by Gasteiger charge is 2.31. The first-order chi connectivity index (χ1) is 8.10. The second kappa shape index (κ2) is 6.02. The second-order valence-corrected chi connectivity index (χ2v) is 6.98. The number of halogens is 2. The van der Waals surface area contributed by atoms with E-state index in [2.05, 4.69) is 15.9 Å². The average Bonchev–Trinajstić information content (AvgIpc) is 2.56. The van der Waals surface area contributed by atoms with Crippen LogP contribution in [0.2, 0.25) is 4.34 Å². The first-order valence-electron chi connectivity index (χ1n) is 5.84. The standard InChI is InChI=1S/C12H16BrClO2S/c1-2-16-8-3-7(4-8)5-10(15)11-6-9(13)12(14)17-11/h6-8,10,15H,2-5H2,1H3. The van der Waals surface area contributed by atoms with E-state index >= 15 is 0 Å². The minimum Gasteiger partial charge on any atom is -0.388 e. The summed E-state index contributed by atoms with van der Waals surface area (Å²) < 4.78 is 7.09. The van der Waals surface area contributed by atoms with Crippen LogP contribution in [0.25, 0.3) is 0 Å². The summed E-state index contributed by atoms with van der Waals surface area (Å²) in [6, 6.07) is 1.91. The molecule has 0 bridgehead atoms. The minimum atomic E-state index is -0.392. The molecule has 2 nitrogen and oxygen atoms in total. The van der Waals surface area contributed by atoms with E-state index in [0.29, 0.717) is 16.4 Å². The molecule has 1 N–H and O–H groups in total. The summed E-state index contributed by atoms with van der Waals surface area (Å²) in [5.74, 6) is 0.584. The number of hydrogen-bond acceptors (Lipinski definition) is 3. The van der Waals surface area contributed by atoms with Gasteiger partial charge in [0, 0.05) is 16.0 Å². The Balaban J connectivity index is 1.80. The first-order valence-corrected chi connectivity index (χ1v) is 7.83. The van der Waals surface area contributed by atoms with Crippen LogP contribution in [0.3, 0.4) is 0 Å². The van der Waals surface area contributed by atoms with Crippen molar-refractivity contribution >= 4 is 38.9 Å². The van der Waals surface area contributed by atoms with Crippen molar-refractivity contribution in [1.82, 2.24) is 0 Å². The normalized spacial score (nSPS) is 25.6. The fraction of sp³-hybridized carbons (Fsp3) is 0.667. The number of aliphatic hydroxyl groups is 1. The van der Waals surface area contributed by atoms with Gasteiger partial charge in [-0.15, -0.1) is 11.3 Å². The van der Waals surface area contributed by atoms with Gasteiger partial charge in [0.25, 0.3) is 0 Å². The highest BCUT2D eigenvalue weighted by atomic mass is 79.9. The predicted molar refractivity (Wildman–Crippen MR) is 74.7 cm³/mol. The molecular formula is C12H16BrClO2S. The van der Waals surface area contributed by atoms with Crippen molar-refractivity contribution in [2.75, 3.05) is 6.61 Å². The van der Waals surface area contributed by atoms with Crippen LogP contribution in [0, 0.1) is 5.92 Å². The molecule has 96 valence electrons. The van der Waals surface area contributed by atoms with Crippen molar-refractivity contribution in [3.63, 3.8) is 0 Å². The Kier molecular flexibility index (Phi) is 4.89. The van der Waals surface area contributed by atoms with Gasteiger partial charge < -0.3 is 9.84 Å². The lowest BCUT2D eigenvalue weighted by Gasteiger charge is -2.35. The molecule has 1 saturated carbocycles. The van der Waals surface area contributed by atoms with Gasteiger partial charge in [0.05, 0.1) is 12.2 Å². The highest BCUT2D eigenvalue weighted by molar-refractivity contribution is 9.10. The molecule has 1 heterocycles. The van der Waals surface area contributed by atoms with Crippen LogP contribution in [0.5, 0.6) is 0 Å². The van der Waals surface area contributed by atoms with Gasteiger partial charge in [-0.25, -0.2) is 0 Å². The topological polar surface area (TPSA) is 29.5 Å². The zero-order valence-electron chi connectivity index (χ0n) is 9.66. The molecular weight excluding hydrogens is 324 g/mol. The number of thiophene rings is 1. The van der Waals surface area contributed by atoms with Crippen LogP contribution in [-0.4, -0.2) is 17.8 Å². The Labute approximate surface area is 119 Å². The van der Waals surface area contributed by atoms with E-state index < -0.39 is 6.10 Å². The fourth-order valence-corrected chi connectivity index (χ4v) is 3.93. The molecule has 1 aliphatic rings. The quantitative estimate of drug-likeness (QED) is 0.861. The molecule has 0 saturated heterocycles. The van der Waals surface area contributed by atoms with Crippen LogP contribution in [0.15, 0.2) is 10.5 Å².